The van der Waals surface area contributed by atoms with Gasteiger partial charge in [-0.2, -0.15) is 0 Å². The number of rotatable bonds is 17. The Morgan fingerprint density at radius 2 is 1.06 bits per heavy atom. The average Bonchev–Trinajstić information content (AvgIpc) is 3.31. The van der Waals surface area contributed by atoms with E-state index in [1.54, 1.807) is 33.4 Å². The molecule has 49 heavy (non-hydrogen) atoms. The summed E-state index contributed by atoms with van der Waals surface area (Å²) in [7, 11) is 0. The van der Waals surface area contributed by atoms with Crippen LogP contribution in [0.3, 0.4) is 0 Å². The summed E-state index contributed by atoms with van der Waals surface area (Å²) in [5.41, 5.74) is 0. The Balaban J connectivity index is 0.0000120. The quantitative estimate of drug-likeness (QED) is 0.0918. The Morgan fingerprint density at radius 3 is 1.43 bits per heavy atom. The molecular formula is C30H47GdN7O11. The molecule has 0 spiro atoms. The predicted molar refractivity (Wildman–Crippen MR) is 169 cm³/mol. The molecule has 0 unspecified atom stereocenters. The third kappa shape index (κ3) is 17.5. The Hall–Kier alpha value is -2.94. The third-order valence-electron chi connectivity index (χ3n) is 7.86. The normalized spacial score (nSPS) is 17.9. The van der Waals surface area contributed by atoms with E-state index in [1.165, 1.54) is 0 Å². The van der Waals surface area contributed by atoms with Crippen LogP contribution in [0.5, 0.6) is 0 Å². The fraction of sp³-hybridized carbons (Fsp3) is 0.667. The first kappa shape index (κ1) is 44.1. The molecule has 1 fully saturated rings. The van der Waals surface area contributed by atoms with Crippen LogP contribution in [0, 0.1) is 45.9 Å². The summed E-state index contributed by atoms with van der Waals surface area (Å²) in [6, 6.07) is -0.848. The van der Waals surface area contributed by atoms with Crippen molar-refractivity contribution in [1.29, 1.82) is 0 Å². The number of nitrogens with one attached hydrogen (secondary N) is 2. The van der Waals surface area contributed by atoms with Crippen molar-refractivity contribution >= 4 is 47.3 Å². The molecule has 18 nitrogen and oxygen atoms in total. The van der Waals surface area contributed by atoms with E-state index >= 15 is 0 Å². The maximum atomic E-state index is 12.9. The minimum absolute atomic E-state index is 0. The number of aliphatic carboxylic acids is 3. The van der Waals surface area contributed by atoms with E-state index in [9.17, 15) is 53.7 Å². The molecule has 276 valence electrons. The average molecular weight is 839 g/mol. The number of hydrogen-bond donors (Lipinski definition) is 5. The van der Waals surface area contributed by atoms with Gasteiger partial charge in [0.05, 0.1) is 38.8 Å². The SMILES string of the molecule is CC(C)[C@H](NC(=O)CNC(=O)CN1CCN(CC(=O)O)CCN(CC(=O)O)CCN(CC(=O)O)CC1)C(=O)CCCN1C(=O)C=CC1=O.[Gd]. The van der Waals surface area contributed by atoms with E-state index < -0.39 is 54.1 Å². The van der Waals surface area contributed by atoms with Crippen molar-refractivity contribution in [1.82, 2.24) is 35.1 Å². The molecule has 0 bridgehead atoms. The summed E-state index contributed by atoms with van der Waals surface area (Å²) in [4.78, 5) is 104. The molecule has 0 aromatic carbocycles. The number of imide groups is 1. The van der Waals surface area contributed by atoms with Crippen LogP contribution in [0.4, 0.5) is 0 Å². The summed E-state index contributed by atoms with van der Waals surface area (Å²) in [6.07, 6.45) is 2.58. The first-order valence-electron chi connectivity index (χ1n) is 15.8. The van der Waals surface area contributed by atoms with Crippen LogP contribution in [0.1, 0.15) is 26.7 Å². The van der Waals surface area contributed by atoms with Gasteiger partial charge >= 0.3 is 17.9 Å². The predicted octanol–water partition coefficient (Wildman–Crippen LogP) is -3.01. The number of carbonyl (C=O) groups excluding carboxylic acids is 5. The summed E-state index contributed by atoms with van der Waals surface area (Å²) >= 11 is 0. The molecule has 2 aliphatic rings. The molecule has 5 N–H and O–H groups in total. The first-order chi connectivity index (χ1) is 22.6. The molecule has 2 aliphatic heterocycles. The van der Waals surface area contributed by atoms with E-state index in [-0.39, 0.29) is 150 Å². The van der Waals surface area contributed by atoms with Gasteiger partial charge in [0.25, 0.3) is 11.8 Å². The molecule has 1 atom stereocenters. The minimum atomic E-state index is -1.07. The minimum Gasteiger partial charge on any atom is -0.480 e. The number of carboxylic acids is 3. The maximum absolute atomic E-state index is 12.9. The zero-order valence-electron chi connectivity index (χ0n) is 27.8. The standard InChI is InChI=1S/C30H47N7O11.Gd/c1-21(2)30(22(38)4-3-7-37-25(41)5-6-26(37)42)32-23(39)16-31-24(40)17-33-8-10-34(18-27(43)44)12-14-36(20-29(47)48)15-13-35(11-9-33)19-28(45)46;/h5-6,21,30H,3-4,7-20H2,1-2H3,(H,31,40)(H,32,39)(H,43,44)(H,45,46)(H,47,48);/t30-;/m0./s1. The molecule has 2 rings (SSSR count). The molecule has 0 saturated carbocycles. The third-order valence-corrected chi connectivity index (χ3v) is 7.86. The Kier molecular flexibility index (Phi) is 20.4. The number of amides is 4. The fourth-order valence-corrected chi connectivity index (χ4v) is 5.28. The van der Waals surface area contributed by atoms with Crippen LogP contribution < -0.4 is 10.6 Å². The van der Waals surface area contributed by atoms with Crippen LogP contribution in [-0.2, 0) is 38.4 Å². The Bertz CT molecular complexity index is 1180. The van der Waals surface area contributed by atoms with Crippen molar-refractivity contribution in [2.45, 2.75) is 32.7 Å². The van der Waals surface area contributed by atoms with Gasteiger partial charge in [0.2, 0.25) is 11.8 Å². The number of Topliss-reactive ketones (excluding diaryl/α,β-unsaturated/α-hetero) is 1. The molecular weight excluding hydrogens is 792 g/mol. The van der Waals surface area contributed by atoms with Crippen LogP contribution in [0.15, 0.2) is 12.2 Å². The number of hydrogen-bond acceptors (Lipinski definition) is 12. The maximum Gasteiger partial charge on any atom is 0.317 e. The first-order valence-corrected chi connectivity index (χ1v) is 15.8. The van der Waals surface area contributed by atoms with Crippen molar-refractivity contribution in [2.24, 2.45) is 5.92 Å². The van der Waals surface area contributed by atoms with Gasteiger partial charge in [0, 0.05) is 117 Å². The van der Waals surface area contributed by atoms with Crippen molar-refractivity contribution in [3.05, 3.63) is 12.2 Å². The molecule has 0 radical (unpaired) electrons. The number of carboxylic acid groups (broad SMARTS) is 3. The van der Waals surface area contributed by atoms with Gasteiger partial charge < -0.3 is 26.0 Å². The second-order valence-corrected chi connectivity index (χ2v) is 12.1. The van der Waals surface area contributed by atoms with Crippen LogP contribution >= 0.6 is 0 Å². The summed E-state index contributed by atoms with van der Waals surface area (Å²) in [5, 5.41) is 33.2. The van der Waals surface area contributed by atoms with E-state index in [0.29, 0.717) is 0 Å². The molecule has 0 aromatic heterocycles. The molecule has 0 aliphatic carbocycles. The topological polar surface area (TPSA) is 238 Å². The number of ketones is 1. The van der Waals surface area contributed by atoms with Crippen LogP contribution in [-0.4, -0.2) is 185 Å². The molecule has 2 heterocycles. The number of carbonyl (C=O) groups is 8. The second kappa shape index (κ2) is 22.7. The van der Waals surface area contributed by atoms with Gasteiger partial charge in [0.15, 0.2) is 5.78 Å². The van der Waals surface area contributed by atoms with Crippen molar-refractivity contribution in [2.75, 3.05) is 91.6 Å². The Morgan fingerprint density at radius 1 is 0.673 bits per heavy atom. The second-order valence-electron chi connectivity index (χ2n) is 12.1. The molecule has 0 aromatic rings. The van der Waals surface area contributed by atoms with Crippen molar-refractivity contribution in [3.63, 3.8) is 0 Å². The zero-order chi connectivity index (χ0) is 35.8. The van der Waals surface area contributed by atoms with Gasteiger partial charge in [-0.05, 0) is 12.3 Å². The van der Waals surface area contributed by atoms with E-state index in [0.717, 1.165) is 17.1 Å². The van der Waals surface area contributed by atoms with Crippen LogP contribution in [0.25, 0.3) is 0 Å². The Labute approximate surface area is 316 Å². The van der Waals surface area contributed by atoms with Crippen molar-refractivity contribution < 1.29 is 93.6 Å². The molecule has 4 amide bonds. The van der Waals surface area contributed by atoms with Crippen molar-refractivity contribution in [3.8, 4) is 0 Å². The zero-order valence-corrected chi connectivity index (χ0v) is 30.1. The van der Waals surface area contributed by atoms with E-state index in [1.807, 2.05) is 0 Å². The van der Waals surface area contributed by atoms with E-state index in [2.05, 4.69) is 10.6 Å². The van der Waals surface area contributed by atoms with Crippen LogP contribution in [0.2, 0.25) is 0 Å². The fourth-order valence-electron chi connectivity index (χ4n) is 5.28. The van der Waals surface area contributed by atoms with Gasteiger partial charge in [0.1, 0.15) is 0 Å². The van der Waals surface area contributed by atoms with Gasteiger partial charge in [-0.1, -0.05) is 13.8 Å². The summed E-state index contributed by atoms with van der Waals surface area (Å²) < 4.78 is 0. The largest absolute Gasteiger partial charge is 0.480 e. The molecule has 19 heteroatoms. The van der Waals surface area contributed by atoms with Gasteiger partial charge in [-0.3, -0.25) is 62.9 Å². The molecule has 1 saturated heterocycles. The summed E-state index contributed by atoms with van der Waals surface area (Å²) in [5.74, 6) is -5.73. The smallest absolute Gasteiger partial charge is 0.317 e. The number of nitrogens with zero attached hydrogens (tertiary/aromatic N) is 5. The summed E-state index contributed by atoms with van der Waals surface area (Å²) in [6.45, 7) is 4.00. The van der Waals surface area contributed by atoms with Gasteiger partial charge in [-0.25, -0.2) is 0 Å². The monoisotopic (exact) mass is 839 g/mol. The van der Waals surface area contributed by atoms with Gasteiger partial charge in [-0.15, -0.1) is 0 Å². The van der Waals surface area contributed by atoms with E-state index in [4.69, 9.17) is 0 Å².